The Labute approximate surface area is 123 Å². The van der Waals surface area contributed by atoms with Crippen molar-refractivity contribution in [1.29, 1.82) is 0 Å². The molecule has 0 aliphatic heterocycles. The molecule has 0 amide bonds. The molecule has 1 rings (SSSR count). The molecule has 0 saturated carbocycles. The van der Waals surface area contributed by atoms with Gasteiger partial charge in [0.1, 0.15) is 5.82 Å². The van der Waals surface area contributed by atoms with E-state index in [1.165, 1.54) is 19.2 Å². The molecule has 1 aromatic carbocycles. The topological polar surface area (TPSA) is 69.6 Å². The van der Waals surface area contributed by atoms with Crippen molar-refractivity contribution < 1.29 is 17.9 Å². The fraction of sp³-hybridized carbons (Fsp3) is 0.500. The average Bonchev–Trinajstić information content (AvgIpc) is 2.39. The van der Waals surface area contributed by atoms with E-state index in [9.17, 15) is 17.9 Å². The second-order valence-corrected chi connectivity index (χ2v) is 6.63. The van der Waals surface area contributed by atoms with Gasteiger partial charge in [0, 0.05) is 20.1 Å². The Bertz CT molecular complexity index is 554. The van der Waals surface area contributed by atoms with E-state index >= 15 is 0 Å². The summed E-state index contributed by atoms with van der Waals surface area (Å²) < 4.78 is 40.2. The highest BCUT2D eigenvalue weighted by atomic mass is 35.5. The molecule has 114 valence electrons. The van der Waals surface area contributed by atoms with E-state index in [-0.39, 0.29) is 17.1 Å². The van der Waals surface area contributed by atoms with Gasteiger partial charge in [-0.3, -0.25) is 0 Å². The maximum atomic E-state index is 13.3. The van der Waals surface area contributed by atoms with E-state index in [0.29, 0.717) is 13.0 Å². The summed E-state index contributed by atoms with van der Waals surface area (Å²) in [7, 11) is -2.20. The molecule has 0 radical (unpaired) electrons. The van der Waals surface area contributed by atoms with Crippen molar-refractivity contribution in [2.24, 2.45) is 0 Å². The average molecular weight is 325 g/mol. The molecule has 0 fully saturated rings. The van der Waals surface area contributed by atoms with Gasteiger partial charge < -0.3 is 5.11 Å². The Morgan fingerprint density at radius 2 is 2.15 bits per heavy atom. The quantitative estimate of drug-likeness (QED) is 0.802. The highest BCUT2D eigenvalue weighted by Crippen LogP contribution is 2.20. The molecular weight excluding hydrogens is 307 g/mol. The van der Waals surface area contributed by atoms with Gasteiger partial charge in [0.05, 0.1) is 11.1 Å². The maximum Gasteiger partial charge on any atom is 0.279 e. The molecule has 0 aliphatic rings. The number of aliphatic hydroxyl groups is 1. The van der Waals surface area contributed by atoms with Crippen LogP contribution in [0.2, 0.25) is 5.02 Å². The van der Waals surface area contributed by atoms with Crippen LogP contribution in [-0.2, 0) is 10.2 Å². The lowest BCUT2D eigenvalue weighted by Crippen LogP contribution is -2.40. The zero-order valence-corrected chi connectivity index (χ0v) is 12.9. The molecule has 0 aromatic heterocycles. The monoisotopic (exact) mass is 324 g/mol. The van der Waals surface area contributed by atoms with E-state index in [2.05, 4.69) is 4.72 Å². The third-order valence-electron chi connectivity index (χ3n) is 2.74. The van der Waals surface area contributed by atoms with Gasteiger partial charge in [-0.15, -0.1) is 0 Å². The zero-order valence-electron chi connectivity index (χ0n) is 11.3. The van der Waals surface area contributed by atoms with Crippen molar-refractivity contribution in [1.82, 2.24) is 9.03 Å². The summed E-state index contributed by atoms with van der Waals surface area (Å²) in [6.07, 6.45) is -0.464. The Balaban J connectivity index is 2.67. The number of halogens is 2. The molecule has 0 bridgehead atoms. The van der Waals surface area contributed by atoms with Gasteiger partial charge in [-0.1, -0.05) is 24.6 Å². The Morgan fingerprint density at radius 3 is 2.70 bits per heavy atom. The highest BCUT2D eigenvalue weighted by Gasteiger charge is 2.19. The van der Waals surface area contributed by atoms with E-state index in [0.717, 1.165) is 10.4 Å². The first-order valence-electron chi connectivity index (χ1n) is 6.12. The third-order valence-corrected chi connectivity index (χ3v) is 4.58. The van der Waals surface area contributed by atoms with Gasteiger partial charge in [0.15, 0.2) is 0 Å². The van der Waals surface area contributed by atoms with Gasteiger partial charge in [0.25, 0.3) is 10.2 Å². The third kappa shape index (κ3) is 4.68. The van der Waals surface area contributed by atoms with Crippen LogP contribution < -0.4 is 4.72 Å². The smallest absolute Gasteiger partial charge is 0.279 e. The SMILES string of the molecule is CCCN(C)S(=O)(=O)NCC(O)c1ccc(Cl)c(F)c1. The zero-order chi connectivity index (χ0) is 15.3. The standard InChI is InChI=1S/C12H18ClFN2O3S/c1-3-6-16(2)20(18,19)15-8-12(17)9-4-5-10(13)11(14)7-9/h4-5,7,12,15,17H,3,6,8H2,1-2H3. The Kier molecular flexibility index (Phi) is 6.35. The first-order valence-corrected chi connectivity index (χ1v) is 7.93. The summed E-state index contributed by atoms with van der Waals surface area (Å²) in [5, 5.41) is 9.80. The largest absolute Gasteiger partial charge is 0.387 e. The van der Waals surface area contributed by atoms with Gasteiger partial charge >= 0.3 is 0 Å². The fourth-order valence-electron chi connectivity index (χ4n) is 1.57. The van der Waals surface area contributed by atoms with Crippen molar-refractivity contribution in [3.05, 3.63) is 34.6 Å². The van der Waals surface area contributed by atoms with Gasteiger partial charge in [-0.25, -0.2) is 4.39 Å². The molecular formula is C12H18ClFN2O3S. The molecule has 1 aromatic rings. The molecule has 2 N–H and O–H groups in total. The molecule has 0 spiro atoms. The van der Waals surface area contributed by atoms with Gasteiger partial charge in [0.2, 0.25) is 0 Å². The number of rotatable bonds is 7. The van der Waals surface area contributed by atoms with Gasteiger partial charge in [-0.05, 0) is 24.1 Å². The molecule has 5 nitrogen and oxygen atoms in total. The molecule has 0 heterocycles. The first kappa shape index (κ1) is 17.3. The van der Waals surface area contributed by atoms with Crippen molar-refractivity contribution in [2.75, 3.05) is 20.1 Å². The molecule has 20 heavy (non-hydrogen) atoms. The summed E-state index contributed by atoms with van der Waals surface area (Å²) in [6, 6.07) is 3.84. The van der Waals surface area contributed by atoms with Crippen LogP contribution in [0.25, 0.3) is 0 Å². The van der Waals surface area contributed by atoms with E-state index in [1.54, 1.807) is 0 Å². The molecule has 1 atom stereocenters. The number of hydrogen-bond acceptors (Lipinski definition) is 3. The maximum absolute atomic E-state index is 13.3. The first-order chi connectivity index (χ1) is 9.27. The summed E-state index contributed by atoms with van der Waals surface area (Å²) >= 11 is 5.54. The predicted octanol–water partition coefficient (Wildman–Crippen LogP) is 1.69. The lowest BCUT2D eigenvalue weighted by atomic mass is 10.1. The van der Waals surface area contributed by atoms with Crippen molar-refractivity contribution >= 4 is 21.8 Å². The lowest BCUT2D eigenvalue weighted by molar-refractivity contribution is 0.181. The normalized spacial score (nSPS) is 13.7. The molecule has 1 unspecified atom stereocenters. The summed E-state index contributed by atoms with van der Waals surface area (Å²) in [5.41, 5.74) is 0.257. The highest BCUT2D eigenvalue weighted by molar-refractivity contribution is 7.87. The van der Waals surface area contributed by atoms with Crippen LogP contribution in [0.5, 0.6) is 0 Å². The van der Waals surface area contributed by atoms with Crippen molar-refractivity contribution in [2.45, 2.75) is 19.4 Å². The van der Waals surface area contributed by atoms with Crippen LogP contribution in [0.4, 0.5) is 4.39 Å². The van der Waals surface area contributed by atoms with Crippen LogP contribution in [-0.4, -0.2) is 38.0 Å². The minimum Gasteiger partial charge on any atom is -0.387 e. The second-order valence-electron chi connectivity index (χ2n) is 4.36. The van der Waals surface area contributed by atoms with Crippen LogP contribution in [0, 0.1) is 5.82 Å². The summed E-state index contributed by atoms with van der Waals surface area (Å²) in [4.78, 5) is 0. The van der Waals surface area contributed by atoms with E-state index in [4.69, 9.17) is 11.6 Å². The van der Waals surface area contributed by atoms with Crippen molar-refractivity contribution in [3.8, 4) is 0 Å². The van der Waals surface area contributed by atoms with E-state index < -0.39 is 22.1 Å². The second kappa shape index (κ2) is 7.33. The number of nitrogens with zero attached hydrogens (tertiary/aromatic N) is 1. The van der Waals surface area contributed by atoms with Crippen LogP contribution in [0.3, 0.4) is 0 Å². The van der Waals surface area contributed by atoms with Crippen LogP contribution in [0.15, 0.2) is 18.2 Å². The van der Waals surface area contributed by atoms with Crippen LogP contribution in [0.1, 0.15) is 25.0 Å². The molecule has 0 saturated heterocycles. The van der Waals surface area contributed by atoms with Crippen molar-refractivity contribution in [3.63, 3.8) is 0 Å². The fourth-order valence-corrected chi connectivity index (χ4v) is 2.70. The van der Waals surface area contributed by atoms with Gasteiger partial charge in [-0.2, -0.15) is 17.4 Å². The number of hydrogen-bond donors (Lipinski definition) is 2. The lowest BCUT2D eigenvalue weighted by Gasteiger charge is -2.18. The molecule has 8 heteroatoms. The summed E-state index contributed by atoms with van der Waals surface area (Å²) in [5.74, 6) is -0.658. The predicted molar refractivity (Wildman–Crippen MR) is 76.2 cm³/mol. The van der Waals surface area contributed by atoms with E-state index in [1.807, 2.05) is 6.92 Å². The van der Waals surface area contributed by atoms with Crippen LogP contribution >= 0.6 is 11.6 Å². The number of nitrogens with one attached hydrogen (secondary N) is 1. The number of aliphatic hydroxyl groups excluding tert-OH is 1. The minimum absolute atomic E-state index is 0.0517. The Morgan fingerprint density at radius 1 is 1.50 bits per heavy atom. The summed E-state index contributed by atoms with van der Waals surface area (Å²) in [6.45, 7) is 2.00. The number of benzene rings is 1. The molecule has 0 aliphatic carbocycles. The minimum atomic E-state index is -3.64. The Hall–Kier alpha value is -0.730.